The Morgan fingerprint density at radius 2 is 2.06 bits per heavy atom. The summed E-state index contributed by atoms with van der Waals surface area (Å²) in [6, 6.07) is 10.8. The summed E-state index contributed by atoms with van der Waals surface area (Å²) in [6.07, 6.45) is 5.91. The molecule has 1 unspecified atom stereocenters. The number of benzene rings is 1. The topological polar surface area (TPSA) is 39.2 Å². The highest BCUT2D eigenvalue weighted by atomic mass is 16.3. The van der Waals surface area contributed by atoms with E-state index in [0.29, 0.717) is 0 Å². The number of furan rings is 1. The molecule has 1 aromatic heterocycles. The third kappa shape index (κ3) is 2.13. The maximum Gasteiger partial charge on any atom is 0.108 e. The summed E-state index contributed by atoms with van der Waals surface area (Å²) in [7, 11) is 0. The summed E-state index contributed by atoms with van der Waals surface area (Å²) in [4.78, 5) is 0. The van der Waals surface area contributed by atoms with E-state index in [1.54, 1.807) is 0 Å². The predicted octanol–water partition coefficient (Wildman–Crippen LogP) is 2.69. The smallest absolute Gasteiger partial charge is 0.108 e. The Morgan fingerprint density at radius 1 is 1.24 bits per heavy atom. The van der Waals surface area contributed by atoms with Gasteiger partial charge >= 0.3 is 0 Å². The molecule has 17 heavy (non-hydrogen) atoms. The van der Waals surface area contributed by atoms with Gasteiger partial charge in [-0.25, -0.2) is 0 Å². The molecule has 2 nitrogen and oxygen atoms in total. The second-order valence-corrected chi connectivity index (χ2v) is 4.83. The molecule has 1 aliphatic rings. The Bertz CT molecular complexity index is 501. The second-order valence-electron chi connectivity index (χ2n) is 4.83. The zero-order valence-electron chi connectivity index (χ0n) is 9.86. The quantitative estimate of drug-likeness (QED) is 0.856. The fourth-order valence-corrected chi connectivity index (χ4v) is 2.57. The van der Waals surface area contributed by atoms with Gasteiger partial charge < -0.3 is 10.2 Å². The number of hydrogen-bond donors (Lipinski definition) is 1. The van der Waals surface area contributed by atoms with Crippen LogP contribution in [0.15, 0.2) is 41.0 Å². The Labute approximate surface area is 101 Å². The van der Waals surface area contributed by atoms with Crippen LogP contribution in [0.5, 0.6) is 0 Å². The summed E-state index contributed by atoms with van der Waals surface area (Å²) >= 11 is 0. The lowest BCUT2D eigenvalue weighted by Crippen LogP contribution is -2.27. The molecule has 1 heterocycles. The molecule has 2 N–H and O–H groups in total. The minimum absolute atomic E-state index is 0.276. The monoisotopic (exact) mass is 227 g/mol. The van der Waals surface area contributed by atoms with Crippen LogP contribution >= 0.6 is 0 Å². The van der Waals surface area contributed by atoms with Crippen molar-refractivity contribution < 1.29 is 4.42 Å². The molecule has 88 valence electrons. The van der Waals surface area contributed by atoms with Crippen molar-refractivity contribution >= 4 is 0 Å². The third-order valence-corrected chi connectivity index (χ3v) is 3.52. The summed E-state index contributed by atoms with van der Waals surface area (Å²) in [5, 5.41) is 0. The van der Waals surface area contributed by atoms with Gasteiger partial charge in [-0.1, -0.05) is 30.3 Å². The summed E-state index contributed by atoms with van der Waals surface area (Å²) in [5.74, 6) is 1.11. The Morgan fingerprint density at radius 3 is 2.88 bits per heavy atom. The van der Waals surface area contributed by atoms with Crippen molar-refractivity contribution in [3.05, 3.63) is 59.0 Å². The molecule has 1 atom stereocenters. The van der Waals surface area contributed by atoms with E-state index >= 15 is 0 Å². The summed E-state index contributed by atoms with van der Waals surface area (Å²) in [5.41, 5.74) is 10.0. The molecule has 2 aromatic rings. The number of hydrogen-bond acceptors (Lipinski definition) is 2. The molecule has 1 aliphatic carbocycles. The van der Waals surface area contributed by atoms with Crippen LogP contribution in [0.4, 0.5) is 0 Å². The van der Waals surface area contributed by atoms with E-state index in [1.165, 1.54) is 16.7 Å². The highest BCUT2D eigenvalue weighted by Crippen LogP contribution is 2.27. The first-order valence-electron chi connectivity index (χ1n) is 6.20. The van der Waals surface area contributed by atoms with Crippen LogP contribution in [0.1, 0.15) is 28.9 Å². The number of fused-ring (bicyclic) bond motifs is 1. The van der Waals surface area contributed by atoms with E-state index < -0.39 is 0 Å². The average Bonchev–Trinajstić information content (AvgIpc) is 2.73. The minimum Gasteiger partial charge on any atom is -0.469 e. The number of nitrogens with two attached hydrogens (primary N) is 1. The van der Waals surface area contributed by atoms with Crippen molar-refractivity contribution in [3.63, 3.8) is 0 Å². The molecule has 0 bridgehead atoms. The third-order valence-electron chi connectivity index (χ3n) is 3.52. The molecule has 0 aliphatic heterocycles. The van der Waals surface area contributed by atoms with E-state index in [-0.39, 0.29) is 6.04 Å². The minimum atomic E-state index is 0.276. The van der Waals surface area contributed by atoms with Crippen LogP contribution in [-0.4, -0.2) is 6.04 Å². The Balaban J connectivity index is 1.85. The lowest BCUT2D eigenvalue weighted by atomic mass is 9.90. The molecule has 1 aromatic carbocycles. The molecule has 2 heteroatoms. The van der Waals surface area contributed by atoms with Crippen molar-refractivity contribution in [1.29, 1.82) is 0 Å². The van der Waals surface area contributed by atoms with E-state index in [9.17, 15) is 0 Å². The van der Waals surface area contributed by atoms with Crippen LogP contribution in [-0.2, 0) is 19.3 Å². The first-order valence-corrected chi connectivity index (χ1v) is 6.20. The highest BCUT2D eigenvalue weighted by Gasteiger charge is 2.21. The maximum absolute atomic E-state index is 5.95. The zero-order chi connectivity index (χ0) is 11.7. The Hall–Kier alpha value is -1.54. The van der Waals surface area contributed by atoms with E-state index in [2.05, 4.69) is 24.3 Å². The largest absolute Gasteiger partial charge is 0.469 e. The standard InChI is InChI=1S/C15H17NO/c16-13-6-7-14-12(10-17-15(14)9-13)8-11-4-2-1-3-5-11/h1-5,10,13H,6-9,16H2. The lowest BCUT2D eigenvalue weighted by Gasteiger charge is -2.17. The second kappa shape index (κ2) is 4.38. The van der Waals surface area contributed by atoms with Gasteiger partial charge in [-0.3, -0.25) is 0 Å². The lowest BCUT2D eigenvalue weighted by molar-refractivity contribution is 0.449. The van der Waals surface area contributed by atoms with Gasteiger partial charge in [0.2, 0.25) is 0 Å². The maximum atomic E-state index is 5.95. The molecule has 0 spiro atoms. The van der Waals surface area contributed by atoms with Crippen molar-refractivity contribution in [2.24, 2.45) is 5.73 Å². The van der Waals surface area contributed by atoms with Gasteiger partial charge in [0, 0.05) is 18.9 Å². The van der Waals surface area contributed by atoms with Crippen LogP contribution in [0, 0.1) is 0 Å². The van der Waals surface area contributed by atoms with Gasteiger partial charge in [-0.15, -0.1) is 0 Å². The molecule has 0 fully saturated rings. The molecule has 0 saturated carbocycles. The fraction of sp³-hybridized carbons (Fsp3) is 0.333. The van der Waals surface area contributed by atoms with Crippen molar-refractivity contribution in [2.45, 2.75) is 31.7 Å². The van der Waals surface area contributed by atoms with Crippen molar-refractivity contribution in [1.82, 2.24) is 0 Å². The first-order chi connectivity index (χ1) is 8.33. The van der Waals surface area contributed by atoms with Crippen LogP contribution in [0.25, 0.3) is 0 Å². The molecule has 0 amide bonds. The van der Waals surface area contributed by atoms with E-state index in [0.717, 1.165) is 31.4 Å². The van der Waals surface area contributed by atoms with E-state index in [1.807, 2.05) is 12.3 Å². The predicted molar refractivity (Wildman–Crippen MR) is 68.0 cm³/mol. The average molecular weight is 227 g/mol. The van der Waals surface area contributed by atoms with E-state index in [4.69, 9.17) is 10.2 Å². The van der Waals surface area contributed by atoms with Crippen molar-refractivity contribution in [2.75, 3.05) is 0 Å². The summed E-state index contributed by atoms with van der Waals surface area (Å²) in [6.45, 7) is 0. The molecular formula is C15H17NO. The first kappa shape index (κ1) is 10.6. The zero-order valence-corrected chi connectivity index (χ0v) is 9.86. The van der Waals surface area contributed by atoms with Gasteiger partial charge in [0.1, 0.15) is 5.76 Å². The normalized spacial score (nSPS) is 19.0. The van der Waals surface area contributed by atoms with Crippen LogP contribution in [0.3, 0.4) is 0 Å². The molecular weight excluding hydrogens is 210 g/mol. The van der Waals surface area contributed by atoms with Gasteiger partial charge in [0.15, 0.2) is 0 Å². The van der Waals surface area contributed by atoms with Gasteiger partial charge in [-0.2, -0.15) is 0 Å². The van der Waals surface area contributed by atoms with Crippen LogP contribution < -0.4 is 5.73 Å². The SMILES string of the molecule is NC1CCc2c(Cc3ccccc3)coc2C1. The van der Waals surface area contributed by atoms with Crippen LogP contribution in [0.2, 0.25) is 0 Å². The summed E-state index contributed by atoms with van der Waals surface area (Å²) < 4.78 is 5.65. The molecule has 0 saturated heterocycles. The highest BCUT2D eigenvalue weighted by molar-refractivity contribution is 5.35. The molecule has 0 radical (unpaired) electrons. The fourth-order valence-electron chi connectivity index (χ4n) is 2.57. The van der Waals surface area contributed by atoms with Gasteiger partial charge in [0.05, 0.1) is 6.26 Å². The van der Waals surface area contributed by atoms with Gasteiger partial charge in [0.25, 0.3) is 0 Å². The Kier molecular flexibility index (Phi) is 2.73. The van der Waals surface area contributed by atoms with Crippen molar-refractivity contribution in [3.8, 4) is 0 Å². The molecule has 3 rings (SSSR count). The van der Waals surface area contributed by atoms with Gasteiger partial charge in [-0.05, 0) is 29.5 Å². The number of rotatable bonds is 2.